The van der Waals surface area contributed by atoms with Gasteiger partial charge in [-0.3, -0.25) is 9.59 Å². The fraction of sp³-hybridized carbons (Fsp3) is 0.135. The number of amides is 2. The predicted octanol–water partition coefficient (Wildman–Crippen LogP) is 10.2. The third-order valence-electron chi connectivity index (χ3n) is 7.33. The first kappa shape index (κ1) is 37.9. The summed E-state index contributed by atoms with van der Waals surface area (Å²) in [5.74, 6) is 1.50. The van der Waals surface area contributed by atoms with Crippen LogP contribution in [0.3, 0.4) is 0 Å². The van der Waals surface area contributed by atoms with Crippen molar-refractivity contribution in [3.8, 4) is 17.2 Å². The van der Waals surface area contributed by atoms with E-state index < -0.39 is 0 Å². The average Bonchev–Trinajstić information content (AvgIpc) is 3.82. The standard InChI is InChI=1S/C19H18ClN3O3S.C18H16ClN3O2S/c1-11-5-4-6-15(20)17(11)23-18(24)16-10-21-19(27-16)22-12-7-13(25-2)9-14(8-12)26-3;1-11-6-5-7-12(19)16(11)22-17(23)15-10-20-18(25-15)21-13-8-3-4-9-14(13)24-2/h4-10H,1-3H3,(H,21,22)(H,23,24);3-10H,1-2H3,(H,20,21)(H,22,23). The first-order chi connectivity index (χ1) is 25.1. The van der Waals surface area contributed by atoms with E-state index in [1.54, 1.807) is 39.5 Å². The number of rotatable bonds is 11. The van der Waals surface area contributed by atoms with Gasteiger partial charge in [-0.25, -0.2) is 9.97 Å². The maximum absolute atomic E-state index is 12.5. The van der Waals surface area contributed by atoms with Gasteiger partial charge in [-0.15, -0.1) is 0 Å². The Bertz CT molecular complexity index is 2130. The van der Waals surface area contributed by atoms with E-state index in [1.807, 2.05) is 74.5 Å². The molecule has 0 aliphatic rings. The molecule has 52 heavy (non-hydrogen) atoms. The zero-order chi connectivity index (χ0) is 37.2. The number of thiazole rings is 2. The maximum Gasteiger partial charge on any atom is 0.267 e. The molecule has 0 fully saturated rings. The summed E-state index contributed by atoms with van der Waals surface area (Å²) in [5, 5.41) is 14.2. The summed E-state index contributed by atoms with van der Waals surface area (Å²) >= 11 is 14.8. The van der Waals surface area contributed by atoms with E-state index in [1.165, 1.54) is 35.1 Å². The molecule has 6 aromatic rings. The fourth-order valence-corrected chi connectivity index (χ4v) is 6.66. The second kappa shape index (κ2) is 17.7. The average molecular weight is 778 g/mol. The van der Waals surface area contributed by atoms with Crippen LogP contribution < -0.4 is 35.5 Å². The molecule has 268 valence electrons. The summed E-state index contributed by atoms with van der Waals surface area (Å²) in [6.45, 7) is 3.78. The van der Waals surface area contributed by atoms with Gasteiger partial charge in [0.1, 0.15) is 27.0 Å². The Labute approximate surface area is 318 Å². The number of ether oxygens (including phenoxy) is 3. The third-order valence-corrected chi connectivity index (χ3v) is 9.78. The van der Waals surface area contributed by atoms with Gasteiger partial charge in [0.2, 0.25) is 0 Å². The number of hydrogen-bond donors (Lipinski definition) is 4. The van der Waals surface area contributed by atoms with Crippen molar-refractivity contribution in [2.75, 3.05) is 42.6 Å². The zero-order valence-corrected chi connectivity index (χ0v) is 31.8. The van der Waals surface area contributed by atoms with Crippen molar-refractivity contribution in [1.29, 1.82) is 0 Å². The Kier molecular flexibility index (Phi) is 12.9. The van der Waals surface area contributed by atoms with Crippen LogP contribution in [0.4, 0.5) is 33.0 Å². The number of benzene rings is 4. The van der Waals surface area contributed by atoms with Crippen LogP contribution >= 0.6 is 45.9 Å². The number of hydrogen-bond acceptors (Lipinski definition) is 11. The van der Waals surface area contributed by atoms with E-state index in [0.29, 0.717) is 58.7 Å². The topological polar surface area (TPSA) is 136 Å². The molecule has 6 rings (SSSR count). The van der Waals surface area contributed by atoms with Gasteiger partial charge in [0, 0.05) is 23.9 Å². The molecule has 0 saturated carbocycles. The number of aryl methyl sites for hydroxylation is 2. The molecule has 15 heteroatoms. The number of carbonyl (C=O) groups is 2. The first-order valence-corrected chi connectivity index (χ1v) is 17.9. The fourth-order valence-electron chi connectivity index (χ4n) is 4.67. The monoisotopic (exact) mass is 776 g/mol. The molecular weight excluding hydrogens is 743 g/mol. The van der Waals surface area contributed by atoms with Crippen LogP contribution in [0.25, 0.3) is 0 Å². The van der Waals surface area contributed by atoms with Crippen LogP contribution in [0.2, 0.25) is 10.0 Å². The van der Waals surface area contributed by atoms with Crippen LogP contribution in [-0.2, 0) is 0 Å². The Balaban J connectivity index is 0.000000202. The molecule has 0 atom stereocenters. The van der Waals surface area contributed by atoms with Crippen LogP contribution in [-0.4, -0.2) is 43.1 Å². The predicted molar refractivity (Wildman–Crippen MR) is 212 cm³/mol. The Morgan fingerprint density at radius 1 is 0.635 bits per heavy atom. The van der Waals surface area contributed by atoms with Gasteiger partial charge < -0.3 is 35.5 Å². The lowest BCUT2D eigenvalue weighted by Crippen LogP contribution is -2.11. The summed E-state index contributed by atoms with van der Waals surface area (Å²) in [6.07, 6.45) is 3.05. The van der Waals surface area contributed by atoms with E-state index in [4.69, 9.17) is 37.4 Å². The number of para-hydroxylation sites is 4. The second-order valence-electron chi connectivity index (χ2n) is 10.9. The molecule has 0 aliphatic heterocycles. The van der Waals surface area contributed by atoms with Gasteiger partial charge in [-0.1, -0.05) is 82.3 Å². The van der Waals surface area contributed by atoms with Crippen molar-refractivity contribution in [1.82, 2.24) is 9.97 Å². The molecule has 4 N–H and O–H groups in total. The molecule has 0 bridgehead atoms. The van der Waals surface area contributed by atoms with Gasteiger partial charge in [0.25, 0.3) is 11.8 Å². The Morgan fingerprint density at radius 3 is 1.62 bits per heavy atom. The van der Waals surface area contributed by atoms with Crippen molar-refractivity contribution < 1.29 is 23.8 Å². The van der Waals surface area contributed by atoms with Crippen molar-refractivity contribution >= 4 is 90.7 Å². The molecule has 0 spiro atoms. The first-order valence-electron chi connectivity index (χ1n) is 15.5. The molecule has 2 aromatic heterocycles. The zero-order valence-electron chi connectivity index (χ0n) is 28.7. The highest BCUT2D eigenvalue weighted by Gasteiger charge is 2.16. The Hall–Kier alpha value is -5.34. The summed E-state index contributed by atoms with van der Waals surface area (Å²) in [5.41, 5.74) is 4.54. The minimum Gasteiger partial charge on any atom is -0.497 e. The van der Waals surface area contributed by atoms with Gasteiger partial charge in [-0.05, 0) is 49.2 Å². The van der Waals surface area contributed by atoms with Crippen LogP contribution in [0.15, 0.2) is 91.3 Å². The number of aromatic nitrogens is 2. The van der Waals surface area contributed by atoms with E-state index in [-0.39, 0.29) is 11.8 Å². The molecular formula is C37H34Cl2N6O5S2. The molecule has 0 radical (unpaired) electrons. The van der Waals surface area contributed by atoms with Crippen LogP contribution in [0, 0.1) is 13.8 Å². The molecule has 2 heterocycles. The molecule has 11 nitrogen and oxygen atoms in total. The number of nitrogens with one attached hydrogen (secondary N) is 4. The molecule has 0 saturated heterocycles. The van der Waals surface area contributed by atoms with Gasteiger partial charge >= 0.3 is 0 Å². The number of nitrogens with zero attached hydrogens (tertiary/aromatic N) is 2. The highest BCUT2D eigenvalue weighted by Crippen LogP contribution is 2.33. The highest BCUT2D eigenvalue weighted by atomic mass is 35.5. The summed E-state index contributed by atoms with van der Waals surface area (Å²) in [7, 11) is 4.77. The largest absolute Gasteiger partial charge is 0.497 e. The molecule has 4 aromatic carbocycles. The molecule has 2 amide bonds. The lowest BCUT2D eigenvalue weighted by molar-refractivity contribution is 0.102. The number of methoxy groups -OCH3 is 3. The smallest absolute Gasteiger partial charge is 0.267 e. The summed E-state index contributed by atoms with van der Waals surface area (Å²) < 4.78 is 15.8. The SMILES string of the molecule is COc1cc(Nc2ncc(C(=O)Nc3c(C)cccc3Cl)s2)cc(OC)c1.COc1ccccc1Nc1ncc(C(=O)Nc2c(C)cccc2Cl)s1. The van der Waals surface area contributed by atoms with Crippen molar-refractivity contribution in [3.05, 3.63) is 122 Å². The summed E-state index contributed by atoms with van der Waals surface area (Å²) in [6, 6.07) is 23.9. The van der Waals surface area contributed by atoms with Gasteiger partial charge in [0.05, 0.1) is 60.8 Å². The minimum absolute atomic E-state index is 0.248. The van der Waals surface area contributed by atoms with E-state index in [2.05, 4.69) is 31.2 Å². The van der Waals surface area contributed by atoms with Crippen molar-refractivity contribution in [2.24, 2.45) is 0 Å². The highest BCUT2D eigenvalue weighted by molar-refractivity contribution is 7.18. The number of halogens is 2. The van der Waals surface area contributed by atoms with E-state index in [0.717, 1.165) is 22.5 Å². The van der Waals surface area contributed by atoms with Crippen LogP contribution in [0.5, 0.6) is 17.2 Å². The van der Waals surface area contributed by atoms with Gasteiger partial charge in [0.15, 0.2) is 10.3 Å². The van der Waals surface area contributed by atoms with Gasteiger partial charge in [-0.2, -0.15) is 0 Å². The molecule has 0 unspecified atom stereocenters. The maximum atomic E-state index is 12.5. The Morgan fingerprint density at radius 2 is 1.13 bits per heavy atom. The van der Waals surface area contributed by atoms with E-state index in [9.17, 15) is 9.59 Å². The van der Waals surface area contributed by atoms with E-state index >= 15 is 0 Å². The quantitative estimate of drug-likeness (QED) is 0.101. The number of carbonyl (C=O) groups excluding carboxylic acids is 2. The lowest BCUT2D eigenvalue weighted by atomic mass is 10.2. The second-order valence-corrected chi connectivity index (χ2v) is 13.8. The normalized spacial score (nSPS) is 10.4. The lowest BCUT2D eigenvalue weighted by Gasteiger charge is -2.09. The van der Waals surface area contributed by atoms with Crippen LogP contribution in [0.1, 0.15) is 30.5 Å². The number of anilines is 6. The van der Waals surface area contributed by atoms with Crippen molar-refractivity contribution in [2.45, 2.75) is 13.8 Å². The van der Waals surface area contributed by atoms with Crippen molar-refractivity contribution in [3.63, 3.8) is 0 Å². The summed E-state index contributed by atoms with van der Waals surface area (Å²) in [4.78, 5) is 34.4. The molecule has 0 aliphatic carbocycles. The third kappa shape index (κ3) is 9.70. The minimum atomic E-state index is -0.264.